The molecule has 3 aromatic rings. The molecule has 0 aliphatic heterocycles. The number of methoxy groups -OCH3 is 4. The Labute approximate surface area is 184 Å². The molecule has 0 radical (unpaired) electrons. The summed E-state index contributed by atoms with van der Waals surface area (Å²) < 4.78 is 21.5. The van der Waals surface area contributed by atoms with Crippen LogP contribution in [0.4, 0.5) is 0 Å². The lowest BCUT2D eigenvalue weighted by atomic mass is 10.0. The highest BCUT2D eigenvalue weighted by Crippen LogP contribution is 2.41. The van der Waals surface area contributed by atoms with Gasteiger partial charge in [-0.15, -0.1) is 11.3 Å². The highest BCUT2D eigenvalue weighted by Gasteiger charge is 2.16. The molecular weight excluding hydrogens is 416 g/mol. The standard InChI is InChI=1S/C24H22O6S/c1-27-20-11-15(10-18(24(20)30-4)22-6-5-9-31-22)7-8-19(26)16-12-17(14-25)23(29-3)21(13-16)28-2/h5-14H,1-4H3. The summed E-state index contributed by atoms with van der Waals surface area (Å²) in [4.78, 5) is 25.2. The molecule has 0 saturated carbocycles. The maximum atomic E-state index is 12.8. The van der Waals surface area contributed by atoms with Gasteiger partial charge in [0.05, 0.1) is 34.0 Å². The van der Waals surface area contributed by atoms with E-state index in [2.05, 4.69) is 0 Å². The zero-order chi connectivity index (χ0) is 22.4. The molecule has 0 unspecified atom stereocenters. The summed E-state index contributed by atoms with van der Waals surface area (Å²) in [6.45, 7) is 0. The maximum Gasteiger partial charge on any atom is 0.186 e. The summed E-state index contributed by atoms with van der Waals surface area (Å²) in [5.74, 6) is 1.52. The summed E-state index contributed by atoms with van der Waals surface area (Å²) in [5, 5.41) is 1.98. The van der Waals surface area contributed by atoms with Crippen molar-refractivity contribution in [2.45, 2.75) is 0 Å². The van der Waals surface area contributed by atoms with Gasteiger partial charge < -0.3 is 18.9 Å². The average molecular weight is 439 g/mol. The minimum absolute atomic E-state index is 0.240. The maximum absolute atomic E-state index is 12.8. The predicted octanol–water partition coefficient (Wildman–Crippen LogP) is 5.16. The summed E-state index contributed by atoms with van der Waals surface area (Å²) in [6, 6.07) is 10.7. The Morgan fingerprint density at radius 1 is 0.903 bits per heavy atom. The number of hydrogen-bond acceptors (Lipinski definition) is 7. The largest absolute Gasteiger partial charge is 0.493 e. The van der Waals surface area contributed by atoms with E-state index in [-0.39, 0.29) is 11.3 Å². The van der Waals surface area contributed by atoms with Crippen molar-refractivity contribution >= 4 is 29.5 Å². The van der Waals surface area contributed by atoms with Crippen molar-refractivity contribution in [3.8, 4) is 33.4 Å². The first kappa shape index (κ1) is 22.1. The molecule has 0 bridgehead atoms. The molecule has 1 heterocycles. The van der Waals surface area contributed by atoms with Gasteiger partial charge in [-0.2, -0.15) is 0 Å². The van der Waals surface area contributed by atoms with E-state index >= 15 is 0 Å². The zero-order valence-corrected chi connectivity index (χ0v) is 18.4. The van der Waals surface area contributed by atoms with E-state index in [1.54, 1.807) is 43.8 Å². The first-order chi connectivity index (χ1) is 15.1. The van der Waals surface area contributed by atoms with Crippen LogP contribution in [0.2, 0.25) is 0 Å². The van der Waals surface area contributed by atoms with Crippen molar-refractivity contribution in [2.75, 3.05) is 28.4 Å². The molecule has 7 heteroatoms. The van der Waals surface area contributed by atoms with Crippen molar-refractivity contribution in [3.63, 3.8) is 0 Å². The number of rotatable bonds is 9. The summed E-state index contributed by atoms with van der Waals surface area (Å²) in [6.07, 6.45) is 3.76. The van der Waals surface area contributed by atoms with Gasteiger partial charge in [-0.05, 0) is 47.4 Å². The molecule has 3 rings (SSSR count). The van der Waals surface area contributed by atoms with E-state index in [1.807, 2.05) is 23.6 Å². The Morgan fingerprint density at radius 2 is 1.61 bits per heavy atom. The Balaban J connectivity index is 1.99. The van der Waals surface area contributed by atoms with E-state index in [0.29, 0.717) is 34.8 Å². The van der Waals surface area contributed by atoms with E-state index in [1.165, 1.54) is 26.4 Å². The van der Waals surface area contributed by atoms with Crippen LogP contribution < -0.4 is 18.9 Å². The van der Waals surface area contributed by atoms with Crippen molar-refractivity contribution in [3.05, 3.63) is 64.5 Å². The predicted molar refractivity (Wildman–Crippen MR) is 121 cm³/mol. The SMILES string of the molecule is COc1cc(C(=O)C=Cc2cc(OC)c(OC)c(-c3cccs3)c2)cc(C=O)c1OC. The molecule has 0 fully saturated rings. The molecule has 1 aromatic heterocycles. The lowest BCUT2D eigenvalue weighted by Gasteiger charge is -2.13. The fourth-order valence-electron chi connectivity index (χ4n) is 3.19. The molecule has 6 nitrogen and oxygen atoms in total. The zero-order valence-electron chi connectivity index (χ0n) is 17.6. The highest BCUT2D eigenvalue weighted by atomic mass is 32.1. The average Bonchev–Trinajstić information content (AvgIpc) is 3.35. The Morgan fingerprint density at radius 3 is 2.19 bits per heavy atom. The summed E-state index contributed by atoms with van der Waals surface area (Å²) in [5.41, 5.74) is 2.20. The van der Waals surface area contributed by atoms with Crippen LogP contribution in [-0.4, -0.2) is 40.5 Å². The number of benzene rings is 2. The van der Waals surface area contributed by atoms with Crippen molar-refractivity contribution in [2.24, 2.45) is 0 Å². The highest BCUT2D eigenvalue weighted by molar-refractivity contribution is 7.13. The monoisotopic (exact) mass is 438 g/mol. The van der Waals surface area contributed by atoms with Crippen LogP contribution >= 0.6 is 11.3 Å². The van der Waals surface area contributed by atoms with E-state index in [0.717, 1.165) is 16.0 Å². The van der Waals surface area contributed by atoms with Gasteiger partial charge in [0.1, 0.15) is 0 Å². The molecule has 2 aromatic carbocycles. The molecular formula is C24H22O6S. The van der Waals surface area contributed by atoms with E-state index in [4.69, 9.17) is 18.9 Å². The summed E-state index contributed by atoms with van der Waals surface area (Å²) in [7, 11) is 6.05. The van der Waals surface area contributed by atoms with Crippen LogP contribution in [0, 0.1) is 0 Å². The number of ether oxygens (including phenoxy) is 4. The van der Waals surface area contributed by atoms with Crippen LogP contribution in [0.3, 0.4) is 0 Å². The minimum Gasteiger partial charge on any atom is -0.493 e. The van der Waals surface area contributed by atoms with Gasteiger partial charge in [0, 0.05) is 16.0 Å². The minimum atomic E-state index is -0.281. The number of carbonyl (C=O) groups excluding carboxylic acids is 2. The number of aldehydes is 1. The van der Waals surface area contributed by atoms with Gasteiger partial charge in [-0.1, -0.05) is 12.1 Å². The molecule has 0 spiro atoms. The van der Waals surface area contributed by atoms with E-state index < -0.39 is 0 Å². The van der Waals surface area contributed by atoms with Crippen molar-refractivity contribution in [1.29, 1.82) is 0 Å². The van der Waals surface area contributed by atoms with Crippen molar-refractivity contribution in [1.82, 2.24) is 0 Å². The molecule has 0 N–H and O–H groups in total. The normalized spacial score (nSPS) is 10.7. The Hall–Kier alpha value is -3.58. The van der Waals surface area contributed by atoms with Crippen molar-refractivity contribution < 1.29 is 28.5 Å². The quantitative estimate of drug-likeness (QED) is 0.261. The molecule has 0 aliphatic rings. The second kappa shape index (κ2) is 9.95. The third-order valence-corrected chi connectivity index (χ3v) is 5.54. The smallest absolute Gasteiger partial charge is 0.186 e. The van der Waals surface area contributed by atoms with Crippen LogP contribution in [0.15, 0.2) is 47.9 Å². The van der Waals surface area contributed by atoms with Gasteiger partial charge in [-0.25, -0.2) is 0 Å². The first-order valence-electron chi connectivity index (χ1n) is 9.29. The van der Waals surface area contributed by atoms with Crippen LogP contribution in [0.5, 0.6) is 23.0 Å². The second-order valence-corrected chi connectivity index (χ2v) is 7.35. The molecule has 31 heavy (non-hydrogen) atoms. The van der Waals surface area contributed by atoms with E-state index in [9.17, 15) is 9.59 Å². The number of allylic oxidation sites excluding steroid dienone is 1. The third kappa shape index (κ3) is 4.62. The molecule has 0 aliphatic carbocycles. The second-order valence-electron chi connectivity index (χ2n) is 6.40. The number of ketones is 1. The van der Waals surface area contributed by atoms with Crippen LogP contribution in [-0.2, 0) is 0 Å². The molecule has 0 saturated heterocycles. The molecule has 0 amide bonds. The fraction of sp³-hybridized carbons (Fsp3) is 0.167. The van der Waals surface area contributed by atoms with Crippen LogP contribution in [0.25, 0.3) is 16.5 Å². The fourth-order valence-corrected chi connectivity index (χ4v) is 3.93. The molecule has 160 valence electrons. The third-order valence-electron chi connectivity index (χ3n) is 4.63. The van der Waals surface area contributed by atoms with Crippen LogP contribution in [0.1, 0.15) is 26.3 Å². The Kier molecular flexibility index (Phi) is 7.10. The number of hydrogen-bond donors (Lipinski definition) is 0. The van der Waals surface area contributed by atoms with Gasteiger partial charge in [0.15, 0.2) is 35.1 Å². The van der Waals surface area contributed by atoms with Gasteiger partial charge >= 0.3 is 0 Å². The van der Waals surface area contributed by atoms with Gasteiger partial charge in [-0.3, -0.25) is 9.59 Å². The summed E-state index contributed by atoms with van der Waals surface area (Å²) >= 11 is 1.58. The molecule has 0 atom stereocenters. The van der Waals surface area contributed by atoms with Gasteiger partial charge in [0.25, 0.3) is 0 Å². The topological polar surface area (TPSA) is 71.1 Å². The lowest BCUT2D eigenvalue weighted by molar-refractivity contribution is 0.104. The number of carbonyl (C=O) groups is 2. The lowest BCUT2D eigenvalue weighted by Crippen LogP contribution is -2.01. The first-order valence-corrected chi connectivity index (χ1v) is 10.2. The Bertz CT molecular complexity index is 1120. The van der Waals surface area contributed by atoms with Gasteiger partial charge in [0.2, 0.25) is 0 Å². The number of thiophene rings is 1.